The molecule has 12 heteroatoms. The molecule has 1 atom stereocenters. The van der Waals surface area contributed by atoms with Gasteiger partial charge in [0.05, 0.1) is 47.3 Å². The molecule has 0 unspecified atom stereocenters. The van der Waals surface area contributed by atoms with Gasteiger partial charge in [-0.05, 0) is 89.0 Å². The van der Waals surface area contributed by atoms with Gasteiger partial charge in [-0.25, -0.2) is 9.78 Å². The zero-order valence-electron chi connectivity index (χ0n) is 23.7. The maximum absolute atomic E-state index is 13.7. The molecule has 5 aromatic rings. The average Bonchev–Trinajstić information content (AvgIpc) is 3.45. The largest absolute Gasteiger partial charge is 0.496 e. The SMILES string of the molecule is CCOC(=O)[C@H](C)Oc1c(OCC)cc(C=Nn2c(-c3cc4c(OC)cccc4o3)nc3ccccc3c2=O)c(Br)c1Br. The Hall–Kier alpha value is -4.16. The summed E-state index contributed by atoms with van der Waals surface area (Å²) in [6, 6.07) is 16.0. The van der Waals surface area contributed by atoms with Crippen molar-refractivity contribution in [1.82, 2.24) is 9.66 Å². The summed E-state index contributed by atoms with van der Waals surface area (Å²) >= 11 is 7.14. The Balaban J connectivity index is 1.64. The van der Waals surface area contributed by atoms with Crippen LogP contribution in [-0.2, 0) is 9.53 Å². The molecule has 0 bridgehead atoms. The Kier molecular flexibility index (Phi) is 9.16. The molecule has 10 nitrogen and oxygen atoms in total. The number of furan rings is 1. The Morgan fingerprint density at radius 3 is 2.58 bits per heavy atom. The van der Waals surface area contributed by atoms with Crippen LogP contribution in [0.5, 0.6) is 17.2 Å². The molecule has 2 heterocycles. The molecule has 3 aromatic carbocycles. The van der Waals surface area contributed by atoms with E-state index in [2.05, 4.69) is 37.0 Å². The van der Waals surface area contributed by atoms with Gasteiger partial charge in [0.2, 0.25) is 5.82 Å². The van der Waals surface area contributed by atoms with Gasteiger partial charge >= 0.3 is 5.97 Å². The highest BCUT2D eigenvalue weighted by atomic mass is 79.9. The molecule has 0 aliphatic rings. The van der Waals surface area contributed by atoms with Crippen molar-refractivity contribution in [2.45, 2.75) is 26.9 Å². The quantitative estimate of drug-likeness (QED) is 0.113. The molecule has 0 fully saturated rings. The summed E-state index contributed by atoms with van der Waals surface area (Å²) < 4.78 is 30.7. The van der Waals surface area contributed by atoms with E-state index in [1.54, 1.807) is 51.3 Å². The van der Waals surface area contributed by atoms with Gasteiger partial charge in [0.1, 0.15) is 11.3 Å². The van der Waals surface area contributed by atoms with Crippen molar-refractivity contribution in [1.29, 1.82) is 0 Å². The summed E-state index contributed by atoms with van der Waals surface area (Å²) in [5.74, 6) is 1.35. The van der Waals surface area contributed by atoms with Crippen molar-refractivity contribution in [3.05, 3.63) is 79.5 Å². The Morgan fingerprint density at radius 2 is 1.84 bits per heavy atom. The summed E-state index contributed by atoms with van der Waals surface area (Å²) in [5.41, 5.74) is 1.26. The van der Waals surface area contributed by atoms with E-state index in [0.29, 0.717) is 60.6 Å². The molecule has 0 saturated heterocycles. The second-order valence-corrected chi connectivity index (χ2v) is 10.7. The first-order valence-electron chi connectivity index (χ1n) is 13.4. The minimum atomic E-state index is -0.880. The molecule has 0 N–H and O–H groups in total. The molecule has 222 valence electrons. The number of rotatable bonds is 10. The smallest absolute Gasteiger partial charge is 0.347 e. The molecule has 0 aliphatic carbocycles. The lowest BCUT2D eigenvalue weighted by atomic mass is 10.2. The molecule has 2 aromatic heterocycles. The summed E-state index contributed by atoms with van der Waals surface area (Å²) in [6.07, 6.45) is 0.620. The number of carbonyl (C=O) groups excluding carboxylic acids is 1. The van der Waals surface area contributed by atoms with E-state index in [0.717, 1.165) is 5.39 Å². The number of benzene rings is 3. The van der Waals surface area contributed by atoms with Crippen molar-refractivity contribution >= 4 is 65.9 Å². The lowest BCUT2D eigenvalue weighted by Gasteiger charge is -2.19. The second kappa shape index (κ2) is 13.0. The van der Waals surface area contributed by atoms with Crippen molar-refractivity contribution in [2.24, 2.45) is 5.10 Å². The van der Waals surface area contributed by atoms with E-state index in [-0.39, 0.29) is 18.0 Å². The Bertz CT molecular complexity index is 1920. The maximum atomic E-state index is 13.7. The summed E-state index contributed by atoms with van der Waals surface area (Å²) in [7, 11) is 1.58. The van der Waals surface area contributed by atoms with Crippen LogP contribution < -0.4 is 19.8 Å². The van der Waals surface area contributed by atoms with Crippen LogP contribution in [-0.4, -0.2) is 48.3 Å². The number of para-hydroxylation sites is 1. The van der Waals surface area contributed by atoms with Gasteiger partial charge < -0.3 is 23.4 Å². The molecule has 0 amide bonds. The fourth-order valence-corrected chi connectivity index (χ4v) is 5.30. The number of nitrogens with zero attached hydrogens (tertiary/aromatic N) is 3. The van der Waals surface area contributed by atoms with Gasteiger partial charge in [-0.15, -0.1) is 0 Å². The van der Waals surface area contributed by atoms with Crippen LogP contribution in [0.25, 0.3) is 33.5 Å². The molecule has 0 radical (unpaired) electrons. The number of ether oxygens (including phenoxy) is 4. The average molecular weight is 713 g/mol. The molecule has 43 heavy (non-hydrogen) atoms. The highest BCUT2D eigenvalue weighted by molar-refractivity contribution is 9.13. The number of aromatic nitrogens is 2. The first-order valence-corrected chi connectivity index (χ1v) is 15.0. The first kappa shape index (κ1) is 30.3. The minimum Gasteiger partial charge on any atom is -0.496 e. The number of carbonyl (C=O) groups is 1. The fourth-order valence-electron chi connectivity index (χ4n) is 4.39. The predicted octanol–water partition coefficient (Wildman–Crippen LogP) is 6.95. The van der Waals surface area contributed by atoms with Crippen molar-refractivity contribution < 1.29 is 28.2 Å². The van der Waals surface area contributed by atoms with Crippen LogP contribution in [0.4, 0.5) is 0 Å². The number of hydrogen-bond acceptors (Lipinski definition) is 9. The van der Waals surface area contributed by atoms with E-state index in [1.807, 2.05) is 31.2 Å². The van der Waals surface area contributed by atoms with E-state index in [1.165, 1.54) is 10.9 Å². The van der Waals surface area contributed by atoms with Gasteiger partial charge in [-0.1, -0.05) is 18.2 Å². The predicted molar refractivity (Wildman–Crippen MR) is 170 cm³/mol. The van der Waals surface area contributed by atoms with Gasteiger partial charge in [0, 0.05) is 10.0 Å². The standard InChI is InChI=1S/C31H27Br2N3O7/c1-5-40-24-14-18(26(32)27(33)28(24)42-17(3)31(38)41-6-2)16-34-36-29(35-21-11-8-7-10-19(21)30(36)37)25-15-20-22(39-4)12-9-13-23(20)43-25/h7-17H,5-6H2,1-4H3/t17-/m0/s1. The minimum absolute atomic E-state index is 0.210. The lowest BCUT2D eigenvalue weighted by molar-refractivity contribution is -0.150. The molecule has 5 rings (SSSR count). The highest BCUT2D eigenvalue weighted by Gasteiger charge is 2.24. The molecular weight excluding hydrogens is 686 g/mol. The first-order chi connectivity index (χ1) is 20.8. The molecule has 0 saturated carbocycles. The van der Waals surface area contributed by atoms with Crippen molar-refractivity contribution in [3.8, 4) is 28.8 Å². The third-order valence-corrected chi connectivity index (χ3v) is 8.54. The van der Waals surface area contributed by atoms with Crippen LogP contribution >= 0.6 is 31.9 Å². The zero-order chi connectivity index (χ0) is 30.7. The zero-order valence-corrected chi connectivity index (χ0v) is 26.9. The summed E-state index contributed by atoms with van der Waals surface area (Å²) in [4.78, 5) is 30.7. The number of fused-ring (bicyclic) bond motifs is 2. The summed E-state index contributed by atoms with van der Waals surface area (Å²) in [6.45, 7) is 5.72. The maximum Gasteiger partial charge on any atom is 0.347 e. The topological polar surface area (TPSA) is 114 Å². The van der Waals surface area contributed by atoms with Crippen LogP contribution in [0, 0.1) is 0 Å². The third-order valence-electron chi connectivity index (χ3n) is 6.40. The Labute approximate surface area is 263 Å². The fraction of sp³-hybridized carbons (Fsp3) is 0.226. The molecule has 0 spiro atoms. The third kappa shape index (κ3) is 6.02. The van der Waals surface area contributed by atoms with Crippen molar-refractivity contribution in [2.75, 3.05) is 20.3 Å². The normalized spacial score (nSPS) is 12.1. The Morgan fingerprint density at radius 1 is 1.05 bits per heavy atom. The van der Waals surface area contributed by atoms with Gasteiger partial charge in [-0.3, -0.25) is 4.79 Å². The van der Waals surface area contributed by atoms with Gasteiger partial charge in [0.25, 0.3) is 5.56 Å². The lowest BCUT2D eigenvalue weighted by Crippen LogP contribution is -2.26. The van der Waals surface area contributed by atoms with Crippen LogP contribution in [0.3, 0.4) is 0 Å². The van der Waals surface area contributed by atoms with E-state index >= 15 is 0 Å². The number of hydrogen-bond donors (Lipinski definition) is 0. The van der Waals surface area contributed by atoms with Crippen molar-refractivity contribution in [3.63, 3.8) is 0 Å². The molecule has 0 aliphatic heterocycles. The second-order valence-electron chi connectivity index (χ2n) is 9.16. The molecular formula is C31H27Br2N3O7. The van der Waals surface area contributed by atoms with Crippen LogP contribution in [0.15, 0.2) is 77.9 Å². The highest BCUT2D eigenvalue weighted by Crippen LogP contribution is 2.43. The van der Waals surface area contributed by atoms with E-state index < -0.39 is 12.1 Å². The van der Waals surface area contributed by atoms with Gasteiger partial charge in [-0.2, -0.15) is 9.78 Å². The van der Waals surface area contributed by atoms with Gasteiger partial charge in [0.15, 0.2) is 23.4 Å². The number of esters is 1. The van der Waals surface area contributed by atoms with Crippen LogP contribution in [0.2, 0.25) is 0 Å². The van der Waals surface area contributed by atoms with E-state index in [4.69, 9.17) is 28.3 Å². The number of methoxy groups -OCH3 is 1. The number of halogens is 2. The van der Waals surface area contributed by atoms with E-state index in [9.17, 15) is 9.59 Å². The van der Waals surface area contributed by atoms with Crippen LogP contribution in [0.1, 0.15) is 26.3 Å². The summed E-state index contributed by atoms with van der Waals surface area (Å²) in [5, 5.41) is 5.69. The monoisotopic (exact) mass is 711 g/mol.